The van der Waals surface area contributed by atoms with Crippen LogP contribution in [0.1, 0.15) is 13.8 Å². The van der Waals surface area contributed by atoms with Crippen LogP contribution in [0.15, 0.2) is 25.3 Å². The summed E-state index contributed by atoms with van der Waals surface area (Å²) in [6, 6.07) is 0. The Labute approximate surface area is 103 Å². The number of hydrogen-bond acceptors (Lipinski definition) is 4. The van der Waals surface area contributed by atoms with Gasteiger partial charge in [-0.15, -0.1) is 0 Å². The highest BCUT2D eigenvalue weighted by Gasteiger charge is 1.73. The second-order valence-electron chi connectivity index (χ2n) is 2.12. The molecule has 0 saturated heterocycles. The maximum Gasteiger partial charge on any atom is 0.327 e. The van der Waals surface area contributed by atoms with Crippen LogP contribution in [0.2, 0.25) is 0 Å². The SMILES string of the molecule is C=CC(=O)O.C=CC(=O)O.CC(=O)O.CC(=O)O. The molecular formula is C10H16O8. The van der Waals surface area contributed by atoms with Crippen molar-refractivity contribution in [3.63, 3.8) is 0 Å². The van der Waals surface area contributed by atoms with E-state index in [1.807, 2.05) is 0 Å². The Hall–Kier alpha value is -2.64. The molecule has 0 radical (unpaired) electrons. The Bertz CT molecular complexity index is 254. The zero-order valence-corrected chi connectivity index (χ0v) is 9.99. The number of carboxylic acid groups (broad SMARTS) is 4. The van der Waals surface area contributed by atoms with Gasteiger partial charge >= 0.3 is 11.9 Å². The summed E-state index contributed by atoms with van der Waals surface area (Å²) in [5, 5.41) is 30.0. The molecule has 4 N–H and O–H groups in total. The molecule has 0 aromatic carbocycles. The fourth-order valence-corrected chi connectivity index (χ4v) is 0. The van der Waals surface area contributed by atoms with Gasteiger partial charge in [-0.25, -0.2) is 9.59 Å². The molecule has 0 rings (SSSR count). The normalized spacial score (nSPS) is 6.33. The molecule has 0 fully saturated rings. The number of hydrogen-bond donors (Lipinski definition) is 4. The summed E-state index contributed by atoms with van der Waals surface area (Å²) in [6.07, 6.45) is 1.67. The van der Waals surface area contributed by atoms with Gasteiger partial charge in [0.2, 0.25) is 0 Å². The molecule has 8 heteroatoms. The lowest BCUT2D eigenvalue weighted by Gasteiger charge is -1.64. The first-order chi connectivity index (χ1) is 8.00. The van der Waals surface area contributed by atoms with E-state index in [-0.39, 0.29) is 0 Å². The minimum absolute atomic E-state index is 0.833. The molecule has 18 heavy (non-hydrogen) atoms. The van der Waals surface area contributed by atoms with E-state index in [0.29, 0.717) is 0 Å². The Morgan fingerprint density at radius 2 is 0.778 bits per heavy atom. The largest absolute Gasteiger partial charge is 0.481 e. The highest BCUT2D eigenvalue weighted by Crippen LogP contribution is 1.55. The van der Waals surface area contributed by atoms with Crippen molar-refractivity contribution in [1.82, 2.24) is 0 Å². The third-order valence-corrected chi connectivity index (χ3v) is 0.349. The van der Waals surface area contributed by atoms with Gasteiger partial charge in [0.15, 0.2) is 0 Å². The van der Waals surface area contributed by atoms with Crippen molar-refractivity contribution in [2.24, 2.45) is 0 Å². The van der Waals surface area contributed by atoms with Crippen LogP contribution >= 0.6 is 0 Å². The summed E-state index contributed by atoms with van der Waals surface area (Å²) in [7, 11) is 0. The molecule has 8 nitrogen and oxygen atoms in total. The van der Waals surface area contributed by atoms with E-state index in [2.05, 4.69) is 13.2 Å². The van der Waals surface area contributed by atoms with E-state index in [1.54, 1.807) is 0 Å². The van der Waals surface area contributed by atoms with Gasteiger partial charge in [0, 0.05) is 26.0 Å². The molecule has 0 aromatic rings. The van der Waals surface area contributed by atoms with Crippen LogP contribution in [-0.2, 0) is 19.2 Å². The second kappa shape index (κ2) is 19.9. The topological polar surface area (TPSA) is 149 Å². The lowest BCUT2D eigenvalue weighted by Crippen LogP contribution is -1.82. The molecule has 0 aliphatic heterocycles. The van der Waals surface area contributed by atoms with E-state index in [4.69, 9.17) is 30.0 Å². The van der Waals surface area contributed by atoms with Crippen molar-refractivity contribution in [1.29, 1.82) is 0 Å². The third kappa shape index (κ3) is 1100. The maximum atomic E-state index is 9.25. The quantitative estimate of drug-likeness (QED) is 0.532. The highest BCUT2D eigenvalue weighted by molar-refractivity contribution is 5.79. The first-order valence-corrected chi connectivity index (χ1v) is 4.10. The molecule has 0 aliphatic carbocycles. The summed E-state index contributed by atoms with van der Waals surface area (Å²) < 4.78 is 0. The van der Waals surface area contributed by atoms with Gasteiger partial charge < -0.3 is 20.4 Å². The molecule has 104 valence electrons. The van der Waals surface area contributed by atoms with Crippen molar-refractivity contribution < 1.29 is 39.6 Å². The summed E-state index contributed by atoms with van der Waals surface area (Å²) in [5.74, 6) is -3.63. The van der Waals surface area contributed by atoms with E-state index in [1.165, 1.54) is 0 Å². The second-order valence-corrected chi connectivity index (χ2v) is 2.12. The van der Waals surface area contributed by atoms with Gasteiger partial charge in [-0.1, -0.05) is 13.2 Å². The Morgan fingerprint density at radius 1 is 0.722 bits per heavy atom. The summed E-state index contributed by atoms with van der Waals surface area (Å²) in [4.78, 5) is 36.5. The van der Waals surface area contributed by atoms with Crippen LogP contribution in [0.3, 0.4) is 0 Å². The molecule has 0 heterocycles. The van der Waals surface area contributed by atoms with E-state index >= 15 is 0 Å². The predicted octanol–water partition coefficient (Wildman–Crippen LogP) is 0.696. The average Bonchev–Trinajstić information content (AvgIpc) is 2.16. The zero-order chi connectivity index (χ0) is 15.7. The fourth-order valence-electron chi connectivity index (χ4n) is 0. The summed E-state index contributed by atoms with van der Waals surface area (Å²) in [6.45, 7) is 8.09. The average molecular weight is 264 g/mol. The van der Waals surface area contributed by atoms with Gasteiger partial charge in [-0.2, -0.15) is 0 Å². The zero-order valence-electron chi connectivity index (χ0n) is 9.99. The molecule has 0 saturated carbocycles. The van der Waals surface area contributed by atoms with Gasteiger partial charge in [0.05, 0.1) is 0 Å². The smallest absolute Gasteiger partial charge is 0.327 e. The van der Waals surface area contributed by atoms with Gasteiger partial charge in [-0.05, 0) is 0 Å². The van der Waals surface area contributed by atoms with Crippen molar-refractivity contribution in [2.45, 2.75) is 13.8 Å². The molecule has 0 bridgehead atoms. The van der Waals surface area contributed by atoms with Crippen LogP contribution in [0.4, 0.5) is 0 Å². The van der Waals surface area contributed by atoms with Gasteiger partial charge in [0.25, 0.3) is 11.9 Å². The predicted molar refractivity (Wildman–Crippen MR) is 62.3 cm³/mol. The molecule has 0 amide bonds. The van der Waals surface area contributed by atoms with E-state index in [0.717, 1.165) is 26.0 Å². The Kier molecular flexibility index (Phi) is 27.1. The summed E-state index contributed by atoms with van der Waals surface area (Å²) in [5.41, 5.74) is 0. The standard InChI is InChI=1S/2C3H4O2.2C2H4O2/c2*1-2-3(4)5;2*1-2(3)4/h2*2H,1H2,(H,4,5);2*1H3,(H,3,4). The maximum absolute atomic E-state index is 9.25. The molecule has 0 unspecified atom stereocenters. The fraction of sp³-hybridized carbons (Fsp3) is 0.200. The first kappa shape index (κ1) is 24.5. The molecule has 0 atom stereocenters. The molecule has 0 aliphatic rings. The monoisotopic (exact) mass is 264 g/mol. The molecular weight excluding hydrogens is 248 g/mol. The van der Waals surface area contributed by atoms with Crippen molar-refractivity contribution in [2.75, 3.05) is 0 Å². The Balaban J connectivity index is -0.0000000731. The van der Waals surface area contributed by atoms with Crippen molar-refractivity contribution >= 4 is 23.9 Å². The number of aliphatic carboxylic acids is 4. The minimum atomic E-state index is -0.981. The van der Waals surface area contributed by atoms with E-state index < -0.39 is 23.9 Å². The third-order valence-electron chi connectivity index (χ3n) is 0.349. The Morgan fingerprint density at radius 3 is 0.778 bits per heavy atom. The number of carboxylic acids is 4. The lowest BCUT2D eigenvalue weighted by atomic mass is 10.7. The lowest BCUT2D eigenvalue weighted by molar-refractivity contribution is -0.135. The summed E-state index contributed by atoms with van der Waals surface area (Å²) >= 11 is 0. The molecule has 0 aromatic heterocycles. The van der Waals surface area contributed by atoms with E-state index in [9.17, 15) is 9.59 Å². The molecule has 0 spiro atoms. The number of rotatable bonds is 2. The minimum Gasteiger partial charge on any atom is -0.481 e. The van der Waals surface area contributed by atoms with Gasteiger partial charge in [-0.3, -0.25) is 9.59 Å². The first-order valence-electron chi connectivity index (χ1n) is 4.10. The van der Waals surface area contributed by atoms with Crippen LogP contribution in [0, 0.1) is 0 Å². The van der Waals surface area contributed by atoms with Crippen LogP contribution in [0.5, 0.6) is 0 Å². The van der Waals surface area contributed by atoms with Crippen molar-refractivity contribution in [3.05, 3.63) is 25.3 Å². The number of carbonyl (C=O) groups is 4. The van der Waals surface area contributed by atoms with Crippen LogP contribution in [-0.4, -0.2) is 44.3 Å². The van der Waals surface area contributed by atoms with Crippen LogP contribution < -0.4 is 0 Å². The highest BCUT2D eigenvalue weighted by atomic mass is 16.4. The van der Waals surface area contributed by atoms with Gasteiger partial charge in [0.1, 0.15) is 0 Å². The van der Waals surface area contributed by atoms with Crippen LogP contribution in [0.25, 0.3) is 0 Å². The van der Waals surface area contributed by atoms with Crippen molar-refractivity contribution in [3.8, 4) is 0 Å².